The van der Waals surface area contributed by atoms with Crippen LogP contribution in [-0.4, -0.2) is 50.5 Å². The van der Waals surface area contributed by atoms with Crippen LogP contribution in [0.4, 0.5) is 4.79 Å². The van der Waals surface area contributed by atoms with Gasteiger partial charge in [-0.1, -0.05) is 76.2 Å². The molecule has 2 aromatic rings. The highest BCUT2D eigenvalue weighted by atomic mass is 31.2. The average Bonchev–Trinajstić information content (AvgIpc) is 2.79. The fourth-order valence-corrected chi connectivity index (χ4v) is 4.92. The molecule has 190 valence electrons. The summed E-state index contributed by atoms with van der Waals surface area (Å²) in [5, 5.41) is 0. The lowest BCUT2D eigenvalue weighted by Gasteiger charge is -2.39. The molecule has 1 unspecified atom stereocenters. The molecule has 0 radical (unpaired) electrons. The van der Waals surface area contributed by atoms with Crippen LogP contribution in [0.25, 0.3) is 0 Å². The van der Waals surface area contributed by atoms with Crippen LogP contribution in [0.2, 0.25) is 0 Å². The second-order valence-electron chi connectivity index (χ2n) is 9.83. The zero-order valence-corrected chi connectivity index (χ0v) is 21.6. The number of urea groups is 1. The molecule has 0 saturated carbocycles. The number of carbonyl (C=O) groups excluding carboxylic acids is 2. The largest absolute Gasteiger partial charge is 0.459 e. The molecule has 9 heteroatoms. The second-order valence-corrected chi connectivity index (χ2v) is 11.4. The lowest BCUT2D eigenvalue weighted by atomic mass is 9.90. The predicted octanol–water partition coefficient (Wildman–Crippen LogP) is 4.49. The molecule has 3 rings (SSSR count). The molecule has 35 heavy (non-hydrogen) atoms. The highest BCUT2D eigenvalue weighted by Gasteiger charge is 2.39. The van der Waals surface area contributed by atoms with Crippen LogP contribution in [0.5, 0.6) is 0 Å². The van der Waals surface area contributed by atoms with Crippen LogP contribution in [0.3, 0.4) is 0 Å². The van der Waals surface area contributed by atoms with Crippen molar-refractivity contribution in [2.45, 2.75) is 59.2 Å². The van der Waals surface area contributed by atoms with E-state index in [4.69, 9.17) is 4.74 Å². The first-order valence-corrected chi connectivity index (χ1v) is 13.7. The van der Waals surface area contributed by atoms with Crippen LogP contribution in [0, 0.1) is 5.92 Å². The van der Waals surface area contributed by atoms with Crippen molar-refractivity contribution in [2.75, 3.05) is 12.8 Å². The highest BCUT2D eigenvalue weighted by molar-refractivity contribution is 7.51. The van der Waals surface area contributed by atoms with Crippen LogP contribution < -0.4 is 0 Å². The van der Waals surface area contributed by atoms with Gasteiger partial charge in [0.25, 0.3) is 0 Å². The van der Waals surface area contributed by atoms with Crippen LogP contribution in [-0.2, 0) is 33.7 Å². The Morgan fingerprint density at radius 3 is 2.37 bits per heavy atom. The van der Waals surface area contributed by atoms with Crippen LogP contribution >= 0.6 is 7.60 Å². The van der Waals surface area contributed by atoms with Gasteiger partial charge in [0.15, 0.2) is 0 Å². The molecule has 1 aliphatic rings. The van der Waals surface area contributed by atoms with E-state index in [0.29, 0.717) is 5.92 Å². The molecular weight excluding hydrogens is 467 g/mol. The Kier molecular flexibility index (Phi) is 8.75. The molecule has 1 atom stereocenters. The number of nitrogens with zero attached hydrogens (tertiary/aromatic N) is 2. The number of carbonyl (C=O) groups is 2. The maximum absolute atomic E-state index is 13.6. The predicted molar refractivity (Wildman–Crippen MR) is 134 cm³/mol. The maximum atomic E-state index is 13.6. The molecule has 2 aromatic carbocycles. The van der Waals surface area contributed by atoms with Crippen molar-refractivity contribution in [1.82, 2.24) is 9.80 Å². The number of benzene rings is 2. The second kappa shape index (κ2) is 11.4. The summed E-state index contributed by atoms with van der Waals surface area (Å²) in [5.41, 5.74) is 3.85. The van der Waals surface area contributed by atoms with E-state index < -0.39 is 31.9 Å². The summed E-state index contributed by atoms with van der Waals surface area (Å²) in [6.45, 7) is 8.30. The molecule has 0 bridgehead atoms. The van der Waals surface area contributed by atoms with E-state index >= 15 is 0 Å². The molecule has 0 aromatic heterocycles. The summed E-state index contributed by atoms with van der Waals surface area (Å²) in [5.74, 6) is -0.259. The smallest absolute Gasteiger partial charge is 0.344 e. The first-order valence-electron chi connectivity index (χ1n) is 11.9. The minimum absolute atomic E-state index is 0.0152. The third kappa shape index (κ3) is 7.40. The molecular formula is C26H35N2O6P. The van der Waals surface area contributed by atoms with Crippen LogP contribution in [0.15, 0.2) is 48.5 Å². The molecule has 0 fully saturated rings. The van der Waals surface area contributed by atoms with E-state index in [1.807, 2.05) is 62.4 Å². The van der Waals surface area contributed by atoms with E-state index in [1.165, 1.54) is 4.90 Å². The molecule has 2 N–H and O–H groups in total. The van der Waals surface area contributed by atoms with Crippen molar-refractivity contribution < 1.29 is 28.7 Å². The van der Waals surface area contributed by atoms with Crippen molar-refractivity contribution in [3.63, 3.8) is 0 Å². The Morgan fingerprint density at radius 1 is 1.09 bits per heavy atom. The molecule has 1 aliphatic heterocycles. The molecule has 2 amide bonds. The van der Waals surface area contributed by atoms with Gasteiger partial charge < -0.3 is 24.3 Å². The fourth-order valence-electron chi connectivity index (χ4n) is 4.24. The van der Waals surface area contributed by atoms with Gasteiger partial charge >= 0.3 is 19.6 Å². The zero-order chi connectivity index (χ0) is 25.8. The molecule has 1 heterocycles. The average molecular weight is 503 g/mol. The van der Waals surface area contributed by atoms with E-state index in [9.17, 15) is 23.9 Å². The van der Waals surface area contributed by atoms with Gasteiger partial charge in [0.1, 0.15) is 18.9 Å². The minimum Gasteiger partial charge on any atom is -0.459 e. The maximum Gasteiger partial charge on any atom is 0.344 e. The third-order valence-electron chi connectivity index (χ3n) is 5.98. The van der Waals surface area contributed by atoms with Gasteiger partial charge in [-0.25, -0.2) is 9.59 Å². The van der Waals surface area contributed by atoms with Gasteiger partial charge in [0.05, 0.1) is 0 Å². The number of rotatable bonds is 8. The topological polar surface area (TPSA) is 107 Å². The van der Waals surface area contributed by atoms with Gasteiger partial charge in [-0.3, -0.25) is 4.57 Å². The van der Waals surface area contributed by atoms with Crippen molar-refractivity contribution in [1.29, 1.82) is 0 Å². The normalized spacial score (nSPS) is 15.8. The van der Waals surface area contributed by atoms with E-state index in [1.54, 1.807) is 0 Å². The Hall–Kier alpha value is -2.67. The number of amides is 2. The van der Waals surface area contributed by atoms with Crippen molar-refractivity contribution in [3.05, 3.63) is 70.8 Å². The Labute approximate surface area is 207 Å². The standard InChI is InChI=1S/C26H35N2O6P/c1-18(2)14-27(17-35(31,32)33)26(30)28-15-23-12-21(19(3)4)10-11-22(23)13-24(28)25(29)34-16-20-8-6-5-7-9-20/h5-12,18-19,24H,13-17H2,1-4H3,(H2,31,32,33). The monoisotopic (exact) mass is 502 g/mol. The van der Waals surface area contributed by atoms with Crippen molar-refractivity contribution >= 4 is 19.6 Å². The summed E-state index contributed by atoms with van der Waals surface area (Å²) in [7, 11) is -4.50. The van der Waals surface area contributed by atoms with E-state index in [0.717, 1.165) is 27.2 Å². The van der Waals surface area contributed by atoms with Crippen molar-refractivity contribution in [3.8, 4) is 0 Å². The summed E-state index contributed by atoms with van der Waals surface area (Å²) >= 11 is 0. The van der Waals surface area contributed by atoms with Crippen molar-refractivity contribution in [2.24, 2.45) is 5.92 Å². The summed E-state index contributed by atoms with van der Waals surface area (Å²) in [6.07, 6.45) is -0.427. The number of ether oxygens (including phenoxy) is 1. The number of fused-ring (bicyclic) bond motifs is 1. The number of hydrogen-bond acceptors (Lipinski definition) is 4. The number of hydrogen-bond donors (Lipinski definition) is 2. The lowest BCUT2D eigenvalue weighted by Crippen LogP contribution is -2.54. The summed E-state index contributed by atoms with van der Waals surface area (Å²) in [6, 6.07) is 13.9. The number of esters is 1. The Balaban J connectivity index is 1.92. The fraction of sp³-hybridized carbons (Fsp3) is 0.462. The first-order chi connectivity index (χ1) is 16.4. The van der Waals surface area contributed by atoms with E-state index in [-0.39, 0.29) is 32.0 Å². The Bertz CT molecular complexity index is 1080. The molecule has 0 aliphatic carbocycles. The SMILES string of the molecule is CC(C)CN(CP(=O)(O)O)C(=O)N1Cc2cc(C(C)C)ccc2CC1C(=O)OCc1ccccc1. The van der Waals surface area contributed by atoms with E-state index in [2.05, 4.69) is 13.8 Å². The zero-order valence-electron chi connectivity index (χ0n) is 20.8. The molecule has 0 saturated heterocycles. The van der Waals surface area contributed by atoms with Gasteiger partial charge in [0.2, 0.25) is 0 Å². The Morgan fingerprint density at radius 2 is 1.77 bits per heavy atom. The van der Waals surface area contributed by atoms with Gasteiger partial charge in [-0.15, -0.1) is 0 Å². The van der Waals surface area contributed by atoms with Gasteiger partial charge in [-0.2, -0.15) is 0 Å². The first kappa shape index (κ1) is 26.9. The third-order valence-corrected chi connectivity index (χ3v) is 6.69. The summed E-state index contributed by atoms with van der Waals surface area (Å²) in [4.78, 5) is 48.6. The van der Waals surface area contributed by atoms with Crippen LogP contribution in [0.1, 0.15) is 55.9 Å². The molecule has 8 nitrogen and oxygen atoms in total. The van der Waals surface area contributed by atoms with Gasteiger partial charge in [-0.05, 0) is 34.1 Å². The highest BCUT2D eigenvalue weighted by Crippen LogP contribution is 2.36. The van der Waals surface area contributed by atoms with Gasteiger partial charge in [0, 0.05) is 19.5 Å². The molecule has 0 spiro atoms. The minimum atomic E-state index is -4.50. The quantitative estimate of drug-likeness (QED) is 0.407. The summed E-state index contributed by atoms with van der Waals surface area (Å²) < 4.78 is 17.4. The lowest BCUT2D eigenvalue weighted by molar-refractivity contribution is -0.151.